The summed E-state index contributed by atoms with van der Waals surface area (Å²) in [6.07, 6.45) is 3.47. The summed E-state index contributed by atoms with van der Waals surface area (Å²) in [5.74, 6) is 0.479. The highest BCUT2D eigenvalue weighted by molar-refractivity contribution is 7.15. The van der Waals surface area contributed by atoms with Crippen LogP contribution in [0.3, 0.4) is 0 Å². The van der Waals surface area contributed by atoms with Gasteiger partial charge in [-0.1, -0.05) is 30.3 Å². The Morgan fingerprint density at radius 1 is 1.14 bits per heavy atom. The molecule has 152 valence electrons. The van der Waals surface area contributed by atoms with Crippen molar-refractivity contribution < 1.29 is 9.53 Å². The zero-order chi connectivity index (χ0) is 20.9. The summed E-state index contributed by atoms with van der Waals surface area (Å²) in [6, 6.07) is 11.4. The van der Waals surface area contributed by atoms with Crippen LogP contribution in [0.5, 0.6) is 0 Å². The standard InChI is InChI=1S/C21H25N5O2S/c1-14-17(25-19(29-14)26-18-22-11-8-12-23-18)16(13-15-9-6-5-7-10-15)24-20(27)28-21(2,3)4/h5-12,16H,13H2,1-4H3,(H,24,27)(H,22,23,25,26)/t16-/m0/s1. The highest BCUT2D eigenvalue weighted by Crippen LogP contribution is 2.30. The molecule has 2 aromatic heterocycles. The fourth-order valence-corrected chi connectivity index (χ4v) is 3.63. The summed E-state index contributed by atoms with van der Waals surface area (Å²) in [7, 11) is 0. The van der Waals surface area contributed by atoms with E-state index >= 15 is 0 Å². The Hall–Kier alpha value is -3.00. The van der Waals surface area contributed by atoms with Crippen LogP contribution >= 0.6 is 11.3 Å². The highest BCUT2D eigenvalue weighted by Gasteiger charge is 2.24. The number of carbonyl (C=O) groups excluding carboxylic acids is 1. The monoisotopic (exact) mass is 411 g/mol. The van der Waals surface area contributed by atoms with Gasteiger partial charge >= 0.3 is 6.09 Å². The van der Waals surface area contributed by atoms with Crippen LogP contribution in [0.15, 0.2) is 48.8 Å². The molecule has 0 unspecified atom stereocenters. The number of aryl methyl sites for hydroxylation is 1. The molecule has 0 aliphatic rings. The van der Waals surface area contributed by atoms with Crippen molar-refractivity contribution in [3.63, 3.8) is 0 Å². The van der Waals surface area contributed by atoms with Crippen LogP contribution in [-0.2, 0) is 11.2 Å². The maximum absolute atomic E-state index is 12.4. The Labute approximate surface area is 174 Å². The summed E-state index contributed by atoms with van der Waals surface area (Å²) in [5, 5.41) is 6.77. The van der Waals surface area contributed by atoms with Crippen LogP contribution in [0, 0.1) is 6.92 Å². The highest BCUT2D eigenvalue weighted by atomic mass is 32.1. The second kappa shape index (κ2) is 9.00. The van der Waals surface area contributed by atoms with Crippen LogP contribution in [0.2, 0.25) is 0 Å². The lowest BCUT2D eigenvalue weighted by Crippen LogP contribution is -2.36. The minimum atomic E-state index is -0.574. The lowest BCUT2D eigenvalue weighted by atomic mass is 10.0. The molecule has 2 heterocycles. The number of alkyl carbamates (subject to hydrolysis) is 1. The predicted octanol–water partition coefficient (Wildman–Crippen LogP) is 4.79. The lowest BCUT2D eigenvalue weighted by Gasteiger charge is -2.23. The number of carbonyl (C=O) groups is 1. The zero-order valence-electron chi connectivity index (χ0n) is 17.0. The topological polar surface area (TPSA) is 89.0 Å². The van der Waals surface area contributed by atoms with Gasteiger partial charge in [0.25, 0.3) is 0 Å². The first-order valence-corrected chi connectivity index (χ1v) is 10.2. The number of benzene rings is 1. The second-order valence-electron chi connectivity index (χ2n) is 7.55. The minimum Gasteiger partial charge on any atom is -0.444 e. The van der Waals surface area contributed by atoms with E-state index in [1.54, 1.807) is 18.5 Å². The molecule has 8 heteroatoms. The molecule has 0 aliphatic heterocycles. The third kappa shape index (κ3) is 6.25. The van der Waals surface area contributed by atoms with Crippen molar-refractivity contribution in [1.82, 2.24) is 20.3 Å². The first-order valence-electron chi connectivity index (χ1n) is 9.35. The number of aromatic nitrogens is 3. The molecule has 0 saturated carbocycles. The normalized spacial score (nSPS) is 12.3. The SMILES string of the molecule is Cc1sc(Nc2ncccn2)nc1[C@H](Cc1ccccc1)NC(=O)OC(C)(C)C. The maximum Gasteiger partial charge on any atom is 0.408 e. The number of rotatable bonds is 6. The van der Waals surface area contributed by atoms with E-state index < -0.39 is 11.7 Å². The van der Waals surface area contributed by atoms with Crippen LogP contribution in [0.1, 0.15) is 42.9 Å². The van der Waals surface area contributed by atoms with E-state index in [2.05, 4.69) is 20.6 Å². The van der Waals surface area contributed by atoms with Crippen molar-refractivity contribution in [2.45, 2.75) is 45.8 Å². The summed E-state index contributed by atoms with van der Waals surface area (Å²) in [5.41, 5.74) is 1.32. The van der Waals surface area contributed by atoms with E-state index in [9.17, 15) is 4.79 Å². The summed E-state index contributed by atoms with van der Waals surface area (Å²) in [6.45, 7) is 7.51. The molecule has 0 spiro atoms. The number of nitrogens with one attached hydrogen (secondary N) is 2. The molecule has 7 nitrogen and oxygen atoms in total. The molecule has 29 heavy (non-hydrogen) atoms. The third-order valence-electron chi connectivity index (χ3n) is 3.92. The largest absolute Gasteiger partial charge is 0.444 e. The first kappa shape index (κ1) is 20.7. The minimum absolute atomic E-state index is 0.323. The smallest absolute Gasteiger partial charge is 0.408 e. The van der Waals surface area contributed by atoms with Gasteiger partial charge in [-0.2, -0.15) is 0 Å². The first-order chi connectivity index (χ1) is 13.8. The molecule has 1 atom stereocenters. The summed E-state index contributed by atoms with van der Waals surface area (Å²) in [4.78, 5) is 26.5. The van der Waals surface area contributed by atoms with Gasteiger partial charge in [0.1, 0.15) is 5.60 Å². The molecule has 1 amide bonds. The van der Waals surface area contributed by atoms with E-state index in [1.807, 2.05) is 58.0 Å². The molecule has 0 aliphatic carbocycles. The average molecular weight is 412 g/mol. The van der Waals surface area contributed by atoms with Crippen molar-refractivity contribution in [1.29, 1.82) is 0 Å². The van der Waals surface area contributed by atoms with Crippen LogP contribution < -0.4 is 10.6 Å². The predicted molar refractivity (Wildman–Crippen MR) is 114 cm³/mol. The third-order valence-corrected chi connectivity index (χ3v) is 4.82. The van der Waals surface area contributed by atoms with Gasteiger partial charge in [0.05, 0.1) is 11.7 Å². The number of hydrogen-bond donors (Lipinski definition) is 2. The number of anilines is 2. The average Bonchev–Trinajstić information content (AvgIpc) is 3.01. The van der Waals surface area contributed by atoms with E-state index in [0.29, 0.717) is 17.5 Å². The van der Waals surface area contributed by atoms with Gasteiger partial charge in [-0.25, -0.2) is 19.7 Å². The van der Waals surface area contributed by atoms with Crippen molar-refractivity contribution in [2.24, 2.45) is 0 Å². The van der Waals surface area contributed by atoms with Crippen molar-refractivity contribution in [2.75, 3.05) is 5.32 Å². The fourth-order valence-electron chi connectivity index (χ4n) is 2.76. The molecule has 0 bridgehead atoms. The number of ether oxygens (including phenoxy) is 1. The summed E-state index contributed by atoms with van der Waals surface area (Å²) >= 11 is 1.49. The molecule has 0 saturated heterocycles. The second-order valence-corrected chi connectivity index (χ2v) is 8.75. The molecule has 1 aromatic carbocycles. The van der Waals surface area contributed by atoms with Gasteiger partial charge in [-0.05, 0) is 45.7 Å². The Balaban J connectivity index is 1.83. The van der Waals surface area contributed by atoms with E-state index in [-0.39, 0.29) is 6.04 Å². The molecule has 0 radical (unpaired) electrons. The van der Waals surface area contributed by atoms with Gasteiger partial charge < -0.3 is 15.4 Å². The van der Waals surface area contributed by atoms with E-state index in [4.69, 9.17) is 9.72 Å². The number of hydrogen-bond acceptors (Lipinski definition) is 7. The van der Waals surface area contributed by atoms with Crippen LogP contribution in [0.25, 0.3) is 0 Å². The van der Waals surface area contributed by atoms with Crippen molar-refractivity contribution >= 4 is 28.5 Å². The summed E-state index contributed by atoms with van der Waals surface area (Å²) < 4.78 is 5.46. The number of amides is 1. The Kier molecular flexibility index (Phi) is 6.43. The number of nitrogens with zero attached hydrogens (tertiary/aromatic N) is 3. The quantitative estimate of drug-likeness (QED) is 0.606. The fraction of sp³-hybridized carbons (Fsp3) is 0.333. The lowest BCUT2D eigenvalue weighted by molar-refractivity contribution is 0.0502. The molecular weight excluding hydrogens is 386 g/mol. The molecular formula is C21H25N5O2S. The van der Waals surface area contributed by atoms with Gasteiger partial charge in [0.2, 0.25) is 5.95 Å². The molecule has 3 rings (SSSR count). The van der Waals surface area contributed by atoms with Crippen molar-refractivity contribution in [3.8, 4) is 0 Å². The van der Waals surface area contributed by atoms with Gasteiger partial charge in [-0.3, -0.25) is 0 Å². The Morgan fingerprint density at radius 2 is 1.83 bits per heavy atom. The zero-order valence-corrected chi connectivity index (χ0v) is 17.8. The molecule has 3 aromatic rings. The Morgan fingerprint density at radius 3 is 2.48 bits per heavy atom. The van der Waals surface area contributed by atoms with E-state index in [1.165, 1.54) is 11.3 Å². The number of thiazole rings is 1. The molecule has 2 N–H and O–H groups in total. The van der Waals surface area contributed by atoms with Crippen LogP contribution in [0.4, 0.5) is 15.9 Å². The van der Waals surface area contributed by atoms with E-state index in [0.717, 1.165) is 16.1 Å². The van der Waals surface area contributed by atoms with Gasteiger partial charge in [-0.15, -0.1) is 11.3 Å². The maximum atomic E-state index is 12.4. The molecule has 0 fully saturated rings. The Bertz CT molecular complexity index is 939. The van der Waals surface area contributed by atoms with Crippen LogP contribution in [-0.4, -0.2) is 26.6 Å². The van der Waals surface area contributed by atoms with Crippen molar-refractivity contribution in [3.05, 3.63) is 64.9 Å². The van der Waals surface area contributed by atoms with Gasteiger partial charge in [0, 0.05) is 17.3 Å². The van der Waals surface area contributed by atoms with Gasteiger partial charge in [0.15, 0.2) is 5.13 Å².